The second-order valence-electron chi connectivity index (χ2n) is 3.71. The number of nitrogens with zero attached hydrogens (tertiary/aromatic N) is 1. The molecule has 4 heteroatoms. The topological polar surface area (TPSA) is 53.2 Å². The van der Waals surface area contributed by atoms with Gasteiger partial charge in [0.05, 0.1) is 18.3 Å². The molecule has 0 aliphatic carbocycles. The molecule has 15 heavy (non-hydrogen) atoms. The van der Waals surface area contributed by atoms with E-state index in [0.717, 1.165) is 0 Å². The molecule has 0 spiro atoms. The van der Waals surface area contributed by atoms with Gasteiger partial charge in [0.2, 0.25) is 0 Å². The predicted octanol–water partition coefficient (Wildman–Crippen LogP) is 1.93. The van der Waals surface area contributed by atoms with Gasteiger partial charge in [0.25, 0.3) is 0 Å². The first-order valence-corrected chi connectivity index (χ1v) is 4.40. The third kappa shape index (κ3) is 2.25. The summed E-state index contributed by atoms with van der Waals surface area (Å²) in [5.41, 5.74) is -0.759. The highest BCUT2D eigenvalue weighted by atomic mass is 19.1. The monoisotopic (exact) mass is 209 g/mol. The molecule has 1 rings (SSSR count). The van der Waals surface area contributed by atoms with Crippen LogP contribution in [0, 0.1) is 17.1 Å². The van der Waals surface area contributed by atoms with E-state index in [2.05, 4.69) is 0 Å². The number of nitriles is 1. The van der Waals surface area contributed by atoms with Gasteiger partial charge in [-0.3, -0.25) is 0 Å². The summed E-state index contributed by atoms with van der Waals surface area (Å²) in [6.07, 6.45) is 0. The van der Waals surface area contributed by atoms with Crippen LogP contribution in [0.2, 0.25) is 0 Å². The first-order valence-electron chi connectivity index (χ1n) is 4.40. The molecule has 0 saturated heterocycles. The lowest BCUT2D eigenvalue weighted by molar-refractivity contribution is 0.0781. The number of aliphatic hydroxyl groups is 1. The van der Waals surface area contributed by atoms with E-state index in [4.69, 9.17) is 10.00 Å². The van der Waals surface area contributed by atoms with Crippen LogP contribution in [-0.2, 0) is 5.60 Å². The quantitative estimate of drug-likeness (QED) is 0.809. The SMILES string of the molecule is COc1c(F)cc(C(C)(C)O)cc1C#N. The van der Waals surface area contributed by atoms with E-state index in [9.17, 15) is 9.50 Å². The lowest BCUT2D eigenvalue weighted by atomic mass is 9.96. The molecule has 0 saturated carbocycles. The molecule has 0 unspecified atom stereocenters. The van der Waals surface area contributed by atoms with Crippen molar-refractivity contribution in [3.8, 4) is 11.8 Å². The fourth-order valence-corrected chi connectivity index (χ4v) is 1.24. The van der Waals surface area contributed by atoms with Crippen LogP contribution in [0.1, 0.15) is 25.0 Å². The average Bonchev–Trinajstić information content (AvgIpc) is 2.15. The Labute approximate surface area is 87.7 Å². The van der Waals surface area contributed by atoms with Gasteiger partial charge < -0.3 is 9.84 Å². The van der Waals surface area contributed by atoms with E-state index in [1.165, 1.54) is 33.1 Å². The molecule has 0 amide bonds. The third-order valence-electron chi connectivity index (χ3n) is 2.07. The Kier molecular flexibility index (Phi) is 2.96. The Morgan fingerprint density at radius 2 is 2.07 bits per heavy atom. The first-order chi connectivity index (χ1) is 6.90. The summed E-state index contributed by atoms with van der Waals surface area (Å²) >= 11 is 0. The molecule has 0 bridgehead atoms. The molecule has 0 aliphatic rings. The van der Waals surface area contributed by atoms with Crippen LogP contribution < -0.4 is 4.74 Å². The molecular weight excluding hydrogens is 197 g/mol. The van der Waals surface area contributed by atoms with Crippen molar-refractivity contribution in [1.82, 2.24) is 0 Å². The standard InChI is InChI=1S/C11H12FNO2/c1-11(2,14)8-4-7(6-13)10(15-3)9(12)5-8/h4-5,14H,1-3H3. The van der Waals surface area contributed by atoms with Crippen molar-refractivity contribution < 1.29 is 14.2 Å². The predicted molar refractivity (Wildman–Crippen MR) is 52.9 cm³/mol. The number of rotatable bonds is 2. The largest absolute Gasteiger partial charge is 0.492 e. The minimum absolute atomic E-state index is 0.0784. The third-order valence-corrected chi connectivity index (χ3v) is 2.07. The van der Waals surface area contributed by atoms with E-state index in [0.29, 0.717) is 5.56 Å². The van der Waals surface area contributed by atoms with Gasteiger partial charge in [-0.2, -0.15) is 5.26 Å². The highest BCUT2D eigenvalue weighted by Gasteiger charge is 2.20. The first kappa shape index (κ1) is 11.5. The van der Waals surface area contributed by atoms with E-state index < -0.39 is 11.4 Å². The number of halogens is 1. The molecule has 1 aromatic rings. The molecule has 1 aromatic carbocycles. The molecule has 0 fully saturated rings. The van der Waals surface area contributed by atoms with E-state index in [-0.39, 0.29) is 11.3 Å². The van der Waals surface area contributed by atoms with Crippen molar-refractivity contribution in [1.29, 1.82) is 5.26 Å². The molecule has 1 N–H and O–H groups in total. The highest BCUT2D eigenvalue weighted by Crippen LogP contribution is 2.28. The second kappa shape index (κ2) is 3.87. The lowest BCUT2D eigenvalue weighted by Crippen LogP contribution is -2.16. The van der Waals surface area contributed by atoms with Crippen molar-refractivity contribution in [3.63, 3.8) is 0 Å². The Hall–Kier alpha value is -1.60. The summed E-state index contributed by atoms with van der Waals surface area (Å²) in [6, 6.07) is 4.41. The molecule has 0 heterocycles. The maximum Gasteiger partial charge on any atom is 0.172 e. The van der Waals surface area contributed by atoms with Gasteiger partial charge in [0.1, 0.15) is 6.07 Å². The van der Waals surface area contributed by atoms with E-state index >= 15 is 0 Å². The summed E-state index contributed by atoms with van der Waals surface area (Å²) in [7, 11) is 1.29. The summed E-state index contributed by atoms with van der Waals surface area (Å²) in [4.78, 5) is 0. The summed E-state index contributed by atoms with van der Waals surface area (Å²) < 4.78 is 18.2. The van der Waals surface area contributed by atoms with Crippen LogP contribution >= 0.6 is 0 Å². The summed E-state index contributed by atoms with van der Waals surface area (Å²) in [6.45, 7) is 3.05. The van der Waals surface area contributed by atoms with Gasteiger partial charge in [0.15, 0.2) is 11.6 Å². The second-order valence-corrected chi connectivity index (χ2v) is 3.71. The van der Waals surface area contributed by atoms with Crippen LogP contribution in [0.15, 0.2) is 12.1 Å². The van der Waals surface area contributed by atoms with Gasteiger partial charge in [0, 0.05) is 0 Å². The minimum Gasteiger partial charge on any atom is -0.492 e. The van der Waals surface area contributed by atoms with Crippen LogP contribution in [0.25, 0.3) is 0 Å². The van der Waals surface area contributed by atoms with E-state index in [1.807, 2.05) is 6.07 Å². The zero-order valence-electron chi connectivity index (χ0n) is 8.84. The number of ether oxygens (including phenoxy) is 1. The van der Waals surface area contributed by atoms with Gasteiger partial charge in [-0.25, -0.2) is 4.39 Å². The molecule has 80 valence electrons. The Morgan fingerprint density at radius 3 is 2.47 bits per heavy atom. The zero-order valence-corrected chi connectivity index (χ0v) is 8.84. The maximum absolute atomic E-state index is 13.4. The maximum atomic E-state index is 13.4. The molecule has 3 nitrogen and oxygen atoms in total. The van der Waals surface area contributed by atoms with Gasteiger partial charge >= 0.3 is 0 Å². The molecule has 0 atom stereocenters. The minimum atomic E-state index is -1.18. The fraction of sp³-hybridized carbons (Fsp3) is 0.364. The Balaban J connectivity index is 3.41. The van der Waals surface area contributed by atoms with Crippen LogP contribution in [-0.4, -0.2) is 12.2 Å². The van der Waals surface area contributed by atoms with Crippen molar-refractivity contribution in [2.45, 2.75) is 19.4 Å². The van der Waals surface area contributed by atoms with Gasteiger partial charge in [-0.1, -0.05) is 0 Å². The smallest absolute Gasteiger partial charge is 0.172 e. The summed E-state index contributed by atoms with van der Waals surface area (Å²) in [5.74, 6) is -0.737. The lowest BCUT2D eigenvalue weighted by Gasteiger charge is -2.18. The van der Waals surface area contributed by atoms with Crippen LogP contribution in [0.4, 0.5) is 4.39 Å². The van der Waals surface area contributed by atoms with Crippen molar-refractivity contribution in [3.05, 3.63) is 29.1 Å². The van der Waals surface area contributed by atoms with Crippen molar-refractivity contribution in [2.24, 2.45) is 0 Å². The number of benzene rings is 1. The summed E-state index contributed by atoms with van der Waals surface area (Å²) in [5, 5.41) is 18.5. The normalized spacial score (nSPS) is 10.9. The van der Waals surface area contributed by atoms with Crippen molar-refractivity contribution >= 4 is 0 Å². The van der Waals surface area contributed by atoms with Gasteiger partial charge in [-0.05, 0) is 31.5 Å². The zero-order chi connectivity index (χ0) is 11.6. The number of methoxy groups -OCH3 is 1. The Morgan fingerprint density at radius 1 is 1.47 bits per heavy atom. The molecule has 0 aliphatic heterocycles. The highest BCUT2D eigenvalue weighted by molar-refractivity contribution is 5.47. The van der Waals surface area contributed by atoms with Crippen LogP contribution in [0.5, 0.6) is 5.75 Å². The molecule has 0 aromatic heterocycles. The van der Waals surface area contributed by atoms with Crippen LogP contribution in [0.3, 0.4) is 0 Å². The molecule has 0 radical (unpaired) electrons. The molecular formula is C11H12FNO2. The van der Waals surface area contributed by atoms with Gasteiger partial charge in [-0.15, -0.1) is 0 Å². The average molecular weight is 209 g/mol. The Bertz CT molecular complexity index is 416. The van der Waals surface area contributed by atoms with Crippen molar-refractivity contribution in [2.75, 3.05) is 7.11 Å². The fourth-order valence-electron chi connectivity index (χ4n) is 1.24. The number of hydrogen-bond acceptors (Lipinski definition) is 3. The van der Waals surface area contributed by atoms with E-state index in [1.54, 1.807) is 0 Å². The number of hydrogen-bond donors (Lipinski definition) is 1.